The van der Waals surface area contributed by atoms with E-state index in [2.05, 4.69) is 5.32 Å². The molecule has 0 aliphatic rings. The summed E-state index contributed by atoms with van der Waals surface area (Å²) < 4.78 is 33.9. The second kappa shape index (κ2) is 10.1. The van der Waals surface area contributed by atoms with Crippen LogP contribution in [0.5, 0.6) is 5.75 Å². The molecule has 0 aromatic heterocycles. The van der Waals surface area contributed by atoms with Gasteiger partial charge >= 0.3 is 0 Å². The van der Waals surface area contributed by atoms with Crippen LogP contribution in [0, 0.1) is 20.8 Å². The summed E-state index contributed by atoms with van der Waals surface area (Å²) in [5, 5.41) is 2.93. The van der Waals surface area contributed by atoms with Crippen LogP contribution in [0.15, 0.2) is 65.6 Å². The number of carbonyl (C=O) groups excluding carboxylic acids is 1. The maximum absolute atomic E-state index is 13.7. The van der Waals surface area contributed by atoms with Crippen LogP contribution in [0.2, 0.25) is 0 Å². The van der Waals surface area contributed by atoms with Crippen molar-refractivity contribution < 1.29 is 17.9 Å². The van der Waals surface area contributed by atoms with Gasteiger partial charge in [0.05, 0.1) is 17.7 Å². The Morgan fingerprint density at radius 2 is 1.64 bits per heavy atom. The Hall–Kier alpha value is -3.32. The third kappa shape index (κ3) is 5.37. The first-order valence-electron chi connectivity index (χ1n) is 10.8. The van der Waals surface area contributed by atoms with Gasteiger partial charge in [0, 0.05) is 5.69 Å². The Morgan fingerprint density at radius 1 is 0.970 bits per heavy atom. The number of rotatable bonds is 8. The van der Waals surface area contributed by atoms with Gasteiger partial charge in [-0.15, -0.1) is 0 Å². The van der Waals surface area contributed by atoms with E-state index in [0.29, 0.717) is 17.1 Å². The summed E-state index contributed by atoms with van der Waals surface area (Å²) in [6.45, 7) is 7.28. The van der Waals surface area contributed by atoms with E-state index in [1.807, 2.05) is 52.0 Å². The normalized spacial score (nSPS) is 11.2. The van der Waals surface area contributed by atoms with Crippen molar-refractivity contribution >= 4 is 27.3 Å². The van der Waals surface area contributed by atoms with E-state index in [9.17, 15) is 13.2 Å². The first-order valence-corrected chi connectivity index (χ1v) is 12.2. The molecule has 0 heterocycles. The molecule has 0 atom stereocenters. The molecule has 1 amide bonds. The monoisotopic (exact) mass is 466 g/mol. The van der Waals surface area contributed by atoms with E-state index in [1.165, 1.54) is 7.11 Å². The fourth-order valence-corrected chi connectivity index (χ4v) is 5.07. The van der Waals surface area contributed by atoms with E-state index in [4.69, 9.17) is 4.74 Å². The van der Waals surface area contributed by atoms with Crippen molar-refractivity contribution in [1.29, 1.82) is 0 Å². The predicted octanol–water partition coefficient (Wildman–Crippen LogP) is 5.02. The van der Waals surface area contributed by atoms with Crippen molar-refractivity contribution in [1.82, 2.24) is 0 Å². The van der Waals surface area contributed by atoms with Crippen molar-refractivity contribution in [3.8, 4) is 5.75 Å². The van der Waals surface area contributed by atoms with Crippen molar-refractivity contribution in [2.75, 3.05) is 23.3 Å². The average molecular weight is 467 g/mol. The Morgan fingerprint density at radius 3 is 2.27 bits per heavy atom. The topological polar surface area (TPSA) is 75.7 Å². The third-order valence-electron chi connectivity index (χ3n) is 5.50. The highest BCUT2D eigenvalue weighted by Crippen LogP contribution is 2.33. The zero-order chi connectivity index (χ0) is 24.2. The summed E-state index contributed by atoms with van der Waals surface area (Å²) in [6, 6.07) is 17.6. The van der Waals surface area contributed by atoms with E-state index in [1.54, 1.807) is 36.4 Å². The molecule has 0 aliphatic carbocycles. The van der Waals surface area contributed by atoms with Crippen LogP contribution in [0.25, 0.3) is 0 Å². The van der Waals surface area contributed by atoms with Crippen molar-refractivity contribution in [3.05, 3.63) is 82.9 Å². The summed E-state index contributed by atoms with van der Waals surface area (Å²) in [6.07, 6.45) is 0.744. The number of nitrogens with zero attached hydrogens (tertiary/aromatic N) is 1. The van der Waals surface area contributed by atoms with Crippen molar-refractivity contribution in [3.63, 3.8) is 0 Å². The molecule has 0 radical (unpaired) electrons. The molecule has 0 bridgehead atoms. The summed E-state index contributed by atoms with van der Waals surface area (Å²) in [4.78, 5) is 13.3. The van der Waals surface area contributed by atoms with Gasteiger partial charge in [-0.2, -0.15) is 0 Å². The van der Waals surface area contributed by atoms with Crippen molar-refractivity contribution in [2.24, 2.45) is 0 Å². The van der Waals surface area contributed by atoms with Gasteiger partial charge in [0.15, 0.2) is 0 Å². The molecule has 0 unspecified atom stereocenters. The summed E-state index contributed by atoms with van der Waals surface area (Å²) >= 11 is 0. The van der Waals surface area contributed by atoms with Gasteiger partial charge in [0.2, 0.25) is 5.91 Å². The summed E-state index contributed by atoms with van der Waals surface area (Å²) in [7, 11) is -2.56. The van der Waals surface area contributed by atoms with Crippen molar-refractivity contribution in [2.45, 2.75) is 39.0 Å². The standard InChI is InChI=1S/C26H30N2O4S/c1-6-21-9-7-8-20(4)26(21)27-25(29)17-28(23-16-19(3)12-15-24(23)32-5)33(30,31)22-13-10-18(2)11-14-22/h7-16H,6,17H2,1-5H3,(H,27,29). The van der Waals surface area contributed by atoms with E-state index >= 15 is 0 Å². The number of nitrogens with one attached hydrogen (secondary N) is 1. The number of carbonyl (C=O) groups is 1. The second-order valence-electron chi connectivity index (χ2n) is 8.01. The van der Waals surface area contributed by atoms with Gasteiger partial charge in [0.1, 0.15) is 12.3 Å². The maximum Gasteiger partial charge on any atom is 0.264 e. The zero-order valence-corrected chi connectivity index (χ0v) is 20.5. The van der Waals surface area contributed by atoms with Crippen LogP contribution >= 0.6 is 0 Å². The molecule has 33 heavy (non-hydrogen) atoms. The number of hydrogen-bond acceptors (Lipinski definition) is 4. The smallest absolute Gasteiger partial charge is 0.264 e. The Bertz CT molecular complexity index is 1250. The lowest BCUT2D eigenvalue weighted by atomic mass is 10.1. The van der Waals surface area contributed by atoms with Crippen LogP contribution in [-0.2, 0) is 21.2 Å². The lowest BCUT2D eigenvalue weighted by Gasteiger charge is -2.26. The van der Waals surface area contributed by atoms with Crippen LogP contribution in [-0.4, -0.2) is 28.0 Å². The Labute approximate surface area is 196 Å². The van der Waals surface area contributed by atoms with Gasteiger partial charge in [-0.25, -0.2) is 8.42 Å². The highest BCUT2D eigenvalue weighted by Gasteiger charge is 2.30. The van der Waals surface area contributed by atoms with Gasteiger partial charge in [-0.05, 0) is 68.1 Å². The van der Waals surface area contributed by atoms with E-state index < -0.39 is 22.5 Å². The lowest BCUT2D eigenvalue weighted by Crippen LogP contribution is -2.38. The number of anilines is 2. The van der Waals surface area contributed by atoms with Gasteiger partial charge in [0.25, 0.3) is 10.0 Å². The minimum atomic E-state index is -4.04. The van der Waals surface area contributed by atoms with E-state index in [-0.39, 0.29) is 4.90 Å². The maximum atomic E-state index is 13.7. The number of aryl methyl sites for hydroxylation is 4. The van der Waals surface area contributed by atoms with Crippen LogP contribution < -0.4 is 14.4 Å². The molecule has 7 heteroatoms. The molecule has 6 nitrogen and oxygen atoms in total. The van der Waals surface area contributed by atoms with E-state index in [0.717, 1.165) is 33.0 Å². The lowest BCUT2D eigenvalue weighted by molar-refractivity contribution is -0.114. The molecule has 0 fully saturated rings. The zero-order valence-electron chi connectivity index (χ0n) is 19.7. The van der Waals surface area contributed by atoms with Gasteiger partial charge in [-0.1, -0.05) is 48.9 Å². The molecule has 1 N–H and O–H groups in total. The first kappa shape index (κ1) is 24.3. The highest BCUT2D eigenvalue weighted by molar-refractivity contribution is 7.92. The third-order valence-corrected chi connectivity index (χ3v) is 7.28. The Kier molecular flexibility index (Phi) is 7.43. The number of hydrogen-bond donors (Lipinski definition) is 1. The average Bonchev–Trinajstić information content (AvgIpc) is 2.79. The minimum absolute atomic E-state index is 0.106. The molecule has 174 valence electrons. The molecule has 0 saturated heterocycles. The molecule has 3 aromatic rings. The summed E-state index contributed by atoms with van der Waals surface area (Å²) in [5.41, 5.74) is 4.73. The predicted molar refractivity (Wildman–Crippen MR) is 133 cm³/mol. The largest absolute Gasteiger partial charge is 0.495 e. The van der Waals surface area contributed by atoms with Crippen LogP contribution in [0.3, 0.4) is 0 Å². The summed E-state index contributed by atoms with van der Waals surface area (Å²) in [5.74, 6) is -0.0625. The number of ether oxygens (including phenoxy) is 1. The van der Waals surface area contributed by atoms with Gasteiger partial charge < -0.3 is 10.1 Å². The fourth-order valence-electron chi connectivity index (χ4n) is 3.64. The minimum Gasteiger partial charge on any atom is -0.495 e. The van der Waals surface area contributed by atoms with Crippen LogP contribution in [0.1, 0.15) is 29.2 Å². The molecule has 0 spiro atoms. The SMILES string of the molecule is CCc1cccc(C)c1NC(=O)CN(c1cc(C)ccc1OC)S(=O)(=O)c1ccc(C)cc1. The van der Waals surface area contributed by atoms with Gasteiger partial charge in [-0.3, -0.25) is 9.10 Å². The first-order chi connectivity index (χ1) is 15.7. The quantitative estimate of drug-likeness (QED) is 0.506. The second-order valence-corrected chi connectivity index (χ2v) is 9.87. The molecular weight excluding hydrogens is 436 g/mol. The molecule has 0 saturated carbocycles. The number of benzene rings is 3. The number of para-hydroxylation sites is 1. The number of amides is 1. The number of sulfonamides is 1. The highest BCUT2D eigenvalue weighted by atomic mass is 32.2. The molecule has 3 rings (SSSR count). The molecular formula is C26H30N2O4S. The number of methoxy groups -OCH3 is 1. The Balaban J connectivity index is 2.06. The van der Waals surface area contributed by atoms with Crippen LogP contribution in [0.4, 0.5) is 11.4 Å². The molecule has 0 aliphatic heterocycles. The fraction of sp³-hybridized carbons (Fsp3) is 0.269. The molecule has 3 aromatic carbocycles.